The molecule has 2 aromatic rings. The topological polar surface area (TPSA) is 114 Å². The zero-order chi connectivity index (χ0) is 18.5. The first-order valence-corrected chi connectivity index (χ1v) is 8.81. The van der Waals surface area contributed by atoms with Gasteiger partial charge >= 0.3 is 6.03 Å². The molecular weight excluding hydrogens is 358 g/mol. The number of benzene rings is 1. The molecule has 3 rings (SSSR count). The number of piperidine rings is 1. The molecule has 0 radical (unpaired) electrons. The van der Waals surface area contributed by atoms with E-state index in [1.54, 1.807) is 17.0 Å². The zero-order valence-corrected chi connectivity index (χ0v) is 14.9. The van der Waals surface area contributed by atoms with Gasteiger partial charge in [-0.2, -0.15) is 4.98 Å². The number of amides is 3. The maximum atomic E-state index is 12.2. The Kier molecular flexibility index (Phi) is 5.72. The van der Waals surface area contributed by atoms with E-state index >= 15 is 0 Å². The number of carbonyl (C=O) groups excluding carboxylic acids is 2. The SMILES string of the molecule is NC(=O)[C@H]1CCCN(C(=O)NCCc2nc(-c3ccc(Cl)cc3)no2)C1. The number of likely N-dealkylation sites (tertiary alicyclic amines) is 1. The maximum absolute atomic E-state index is 12.2. The van der Waals surface area contributed by atoms with E-state index in [9.17, 15) is 9.59 Å². The molecule has 1 aromatic heterocycles. The average molecular weight is 378 g/mol. The summed E-state index contributed by atoms with van der Waals surface area (Å²) < 4.78 is 5.20. The van der Waals surface area contributed by atoms with E-state index < -0.39 is 0 Å². The van der Waals surface area contributed by atoms with Crippen LogP contribution in [0.4, 0.5) is 4.79 Å². The van der Waals surface area contributed by atoms with Gasteiger partial charge in [0.05, 0.1) is 5.92 Å². The van der Waals surface area contributed by atoms with Gasteiger partial charge in [-0.15, -0.1) is 0 Å². The summed E-state index contributed by atoms with van der Waals surface area (Å²) in [7, 11) is 0. The number of nitrogens with zero attached hydrogens (tertiary/aromatic N) is 3. The van der Waals surface area contributed by atoms with Crippen molar-refractivity contribution in [2.24, 2.45) is 11.7 Å². The fourth-order valence-electron chi connectivity index (χ4n) is 2.85. The number of primary amides is 1. The van der Waals surface area contributed by atoms with Crippen molar-refractivity contribution in [1.29, 1.82) is 0 Å². The van der Waals surface area contributed by atoms with Crippen LogP contribution in [0.5, 0.6) is 0 Å². The predicted molar refractivity (Wildman–Crippen MR) is 95.3 cm³/mol. The van der Waals surface area contributed by atoms with Crippen LogP contribution in [0.25, 0.3) is 11.4 Å². The number of rotatable bonds is 5. The molecule has 0 spiro atoms. The van der Waals surface area contributed by atoms with Gasteiger partial charge in [0.15, 0.2) is 0 Å². The molecule has 3 amide bonds. The van der Waals surface area contributed by atoms with Crippen LogP contribution in [0.2, 0.25) is 5.02 Å². The van der Waals surface area contributed by atoms with Crippen molar-refractivity contribution in [1.82, 2.24) is 20.4 Å². The fourth-order valence-corrected chi connectivity index (χ4v) is 2.98. The van der Waals surface area contributed by atoms with Crippen LogP contribution in [-0.2, 0) is 11.2 Å². The second kappa shape index (κ2) is 8.18. The summed E-state index contributed by atoms with van der Waals surface area (Å²) in [6.45, 7) is 1.35. The molecule has 138 valence electrons. The second-order valence-corrected chi connectivity index (χ2v) is 6.62. The number of halogens is 1. The molecule has 0 saturated carbocycles. The van der Waals surface area contributed by atoms with Gasteiger partial charge in [0, 0.05) is 36.6 Å². The molecule has 2 heterocycles. The van der Waals surface area contributed by atoms with Gasteiger partial charge in [-0.3, -0.25) is 4.79 Å². The van der Waals surface area contributed by atoms with Crippen molar-refractivity contribution >= 4 is 23.5 Å². The highest BCUT2D eigenvalue weighted by Crippen LogP contribution is 2.19. The summed E-state index contributed by atoms with van der Waals surface area (Å²) in [5.41, 5.74) is 6.14. The lowest BCUT2D eigenvalue weighted by molar-refractivity contribution is -0.123. The standard InChI is InChI=1S/C17H20ClN5O3/c18-13-5-3-11(4-6-13)16-21-14(26-22-16)7-8-20-17(25)23-9-1-2-12(10-23)15(19)24/h3-6,12H,1-2,7-10H2,(H2,19,24)(H,20,25)/t12-/m0/s1. The molecule has 1 aliphatic rings. The quantitative estimate of drug-likeness (QED) is 0.825. The number of hydrogen-bond acceptors (Lipinski definition) is 5. The number of hydrogen-bond donors (Lipinski definition) is 2. The first-order valence-electron chi connectivity index (χ1n) is 8.43. The predicted octanol–water partition coefficient (Wildman–Crippen LogP) is 1.84. The normalized spacial score (nSPS) is 17.1. The van der Waals surface area contributed by atoms with Crippen molar-refractivity contribution in [2.75, 3.05) is 19.6 Å². The van der Waals surface area contributed by atoms with Crippen molar-refractivity contribution in [3.8, 4) is 11.4 Å². The Bertz CT molecular complexity index is 777. The van der Waals surface area contributed by atoms with Crippen molar-refractivity contribution in [3.63, 3.8) is 0 Å². The summed E-state index contributed by atoms with van der Waals surface area (Å²) >= 11 is 5.86. The number of carbonyl (C=O) groups is 2. The molecule has 1 atom stereocenters. The molecule has 0 aliphatic carbocycles. The molecule has 0 unspecified atom stereocenters. The number of nitrogens with one attached hydrogen (secondary N) is 1. The Morgan fingerprint density at radius 2 is 2.12 bits per heavy atom. The third-order valence-corrected chi connectivity index (χ3v) is 4.55. The third kappa shape index (κ3) is 4.51. The fraction of sp³-hybridized carbons (Fsp3) is 0.412. The van der Waals surface area contributed by atoms with Crippen LogP contribution in [0, 0.1) is 5.92 Å². The van der Waals surface area contributed by atoms with Gasteiger partial charge in [0.1, 0.15) is 0 Å². The minimum Gasteiger partial charge on any atom is -0.369 e. The smallest absolute Gasteiger partial charge is 0.317 e. The van der Waals surface area contributed by atoms with Gasteiger partial charge in [-0.05, 0) is 37.1 Å². The van der Waals surface area contributed by atoms with Gasteiger partial charge in [-0.1, -0.05) is 16.8 Å². The number of aromatic nitrogens is 2. The summed E-state index contributed by atoms with van der Waals surface area (Å²) in [4.78, 5) is 29.4. The van der Waals surface area contributed by atoms with Gasteiger partial charge in [0.25, 0.3) is 0 Å². The van der Waals surface area contributed by atoms with E-state index in [0.29, 0.717) is 42.8 Å². The number of nitrogens with two attached hydrogens (primary N) is 1. The van der Waals surface area contributed by atoms with E-state index in [1.165, 1.54) is 0 Å². The Morgan fingerprint density at radius 1 is 1.35 bits per heavy atom. The van der Waals surface area contributed by atoms with E-state index in [2.05, 4.69) is 15.5 Å². The largest absolute Gasteiger partial charge is 0.369 e. The van der Waals surface area contributed by atoms with E-state index in [4.69, 9.17) is 21.9 Å². The number of urea groups is 1. The summed E-state index contributed by atoms with van der Waals surface area (Å²) in [5.74, 6) is 0.280. The molecule has 26 heavy (non-hydrogen) atoms. The van der Waals surface area contributed by atoms with Crippen LogP contribution >= 0.6 is 11.6 Å². The van der Waals surface area contributed by atoms with Crippen molar-refractivity contribution in [2.45, 2.75) is 19.3 Å². The van der Waals surface area contributed by atoms with E-state index in [0.717, 1.165) is 18.4 Å². The highest BCUT2D eigenvalue weighted by molar-refractivity contribution is 6.30. The summed E-state index contributed by atoms with van der Waals surface area (Å²) in [6, 6.07) is 6.92. The maximum Gasteiger partial charge on any atom is 0.317 e. The van der Waals surface area contributed by atoms with Crippen LogP contribution in [-0.4, -0.2) is 46.6 Å². The average Bonchev–Trinajstić information content (AvgIpc) is 3.11. The highest BCUT2D eigenvalue weighted by atomic mass is 35.5. The highest BCUT2D eigenvalue weighted by Gasteiger charge is 2.26. The Morgan fingerprint density at radius 3 is 2.85 bits per heavy atom. The lowest BCUT2D eigenvalue weighted by Crippen LogP contribution is -2.48. The van der Waals surface area contributed by atoms with Crippen molar-refractivity contribution < 1.29 is 14.1 Å². The molecule has 1 saturated heterocycles. The van der Waals surface area contributed by atoms with E-state index in [-0.39, 0.29) is 17.9 Å². The van der Waals surface area contributed by atoms with E-state index in [1.807, 2.05) is 12.1 Å². The van der Waals surface area contributed by atoms with Crippen LogP contribution in [0.15, 0.2) is 28.8 Å². The van der Waals surface area contributed by atoms with Crippen molar-refractivity contribution in [3.05, 3.63) is 35.2 Å². The molecule has 1 fully saturated rings. The lowest BCUT2D eigenvalue weighted by atomic mass is 9.98. The second-order valence-electron chi connectivity index (χ2n) is 6.19. The first-order chi connectivity index (χ1) is 12.5. The Hall–Kier alpha value is -2.61. The molecular formula is C17H20ClN5O3. The Balaban J connectivity index is 1.48. The van der Waals surface area contributed by atoms with Gasteiger partial charge in [0.2, 0.25) is 17.6 Å². The Labute approximate surface area is 155 Å². The van der Waals surface area contributed by atoms with Gasteiger partial charge < -0.3 is 20.5 Å². The monoisotopic (exact) mass is 377 g/mol. The van der Waals surface area contributed by atoms with Crippen LogP contribution in [0.3, 0.4) is 0 Å². The zero-order valence-electron chi connectivity index (χ0n) is 14.2. The molecule has 9 heteroatoms. The molecule has 1 aromatic carbocycles. The van der Waals surface area contributed by atoms with Crippen LogP contribution < -0.4 is 11.1 Å². The third-order valence-electron chi connectivity index (χ3n) is 4.30. The molecule has 8 nitrogen and oxygen atoms in total. The lowest BCUT2D eigenvalue weighted by Gasteiger charge is -2.31. The molecule has 0 bridgehead atoms. The minimum absolute atomic E-state index is 0.214. The summed E-state index contributed by atoms with van der Waals surface area (Å²) in [5, 5.41) is 7.37. The van der Waals surface area contributed by atoms with Crippen LogP contribution in [0.1, 0.15) is 18.7 Å². The summed E-state index contributed by atoms with van der Waals surface area (Å²) in [6.07, 6.45) is 1.92. The molecule has 3 N–H and O–H groups in total. The minimum atomic E-state index is -0.358. The first kappa shape index (κ1) is 18.2. The molecule has 1 aliphatic heterocycles. The van der Waals surface area contributed by atoms with Gasteiger partial charge in [-0.25, -0.2) is 4.79 Å².